The van der Waals surface area contributed by atoms with Crippen molar-refractivity contribution in [3.8, 4) is 0 Å². The van der Waals surface area contributed by atoms with Crippen LogP contribution in [0, 0.1) is 5.41 Å². The van der Waals surface area contributed by atoms with E-state index < -0.39 is 10.0 Å². The zero-order valence-electron chi connectivity index (χ0n) is 11.6. The number of aliphatic hydroxyl groups is 1. The smallest absolute Gasteiger partial charge is 0.211 e. The highest BCUT2D eigenvalue weighted by atomic mass is 32.2. The molecule has 0 radical (unpaired) electrons. The molecule has 112 valence electrons. The average molecular weight is 298 g/mol. The first-order valence-electron chi connectivity index (χ1n) is 7.03. The zero-order valence-corrected chi connectivity index (χ0v) is 12.4. The van der Waals surface area contributed by atoms with E-state index in [1.165, 1.54) is 0 Å². The van der Waals surface area contributed by atoms with E-state index in [9.17, 15) is 13.5 Å². The molecule has 2 rings (SSSR count). The molecule has 5 nitrogen and oxygen atoms in total. The van der Waals surface area contributed by atoms with Crippen LogP contribution in [-0.2, 0) is 16.4 Å². The fourth-order valence-corrected chi connectivity index (χ4v) is 3.78. The van der Waals surface area contributed by atoms with E-state index >= 15 is 0 Å². The van der Waals surface area contributed by atoms with Gasteiger partial charge < -0.3 is 5.11 Å². The Morgan fingerprint density at radius 2 is 2.05 bits per heavy atom. The lowest BCUT2D eigenvalue weighted by molar-refractivity contribution is 0.134. The Morgan fingerprint density at radius 1 is 1.30 bits per heavy atom. The van der Waals surface area contributed by atoms with Gasteiger partial charge in [-0.15, -0.1) is 0 Å². The van der Waals surface area contributed by atoms with Crippen molar-refractivity contribution >= 4 is 10.0 Å². The lowest BCUT2D eigenvalue weighted by atomic mass is 9.88. The summed E-state index contributed by atoms with van der Waals surface area (Å²) in [6, 6.07) is 5.48. The Kier molecular flexibility index (Phi) is 5.12. The molecule has 1 aliphatic carbocycles. The summed E-state index contributed by atoms with van der Waals surface area (Å²) in [5.74, 6) is 0.0333. The van der Waals surface area contributed by atoms with Crippen molar-refractivity contribution in [3.63, 3.8) is 0 Å². The number of hydrogen-bond acceptors (Lipinski definition) is 4. The van der Waals surface area contributed by atoms with Crippen molar-refractivity contribution in [2.75, 3.05) is 18.9 Å². The van der Waals surface area contributed by atoms with Gasteiger partial charge >= 0.3 is 0 Å². The standard InChI is InChI=1S/C14H22N2O3S/c17-12-14(7-2-3-8-14)11-16-20(18,19)10-6-13-5-1-4-9-15-13/h1,4-5,9,16-17H,2-3,6-8,10-12H2. The Morgan fingerprint density at radius 3 is 2.65 bits per heavy atom. The highest BCUT2D eigenvalue weighted by Crippen LogP contribution is 2.36. The van der Waals surface area contributed by atoms with E-state index in [-0.39, 0.29) is 17.8 Å². The van der Waals surface area contributed by atoms with Gasteiger partial charge in [-0.1, -0.05) is 18.9 Å². The van der Waals surface area contributed by atoms with Crippen LogP contribution >= 0.6 is 0 Å². The fourth-order valence-electron chi connectivity index (χ4n) is 2.64. The number of aryl methyl sites for hydroxylation is 1. The van der Waals surface area contributed by atoms with E-state index in [2.05, 4.69) is 9.71 Å². The van der Waals surface area contributed by atoms with Crippen molar-refractivity contribution in [2.45, 2.75) is 32.1 Å². The van der Waals surface area contributed by atoms with Gasteiger partial charge in [0.2, 0.25) is 10.0 Å². The Bertz CT molecular complexity index is 510. The Hall–Kier alpha value is -0.980. The first-order chi connectivity index (χ1) is 9.55. The van der Waals surface area contributed by atoms with E-state index in [4.69, 9.17) is 0 Å². The molecule has 0 saturated heterocycles. The van der Waals surface area contributed by atoms with Gasteiger partial charge in [0.15, 0.2) is 0 Å². The third-order valence-electron chi connectivity index (χ3n) is 4.02. The zero-order chi connectivity index (χ0) is 14.5. The second-order valence-electron chi connectivity index (χ2n) is 5.58. The molecule has 1 aromatic heterocycles. The second-order valence-corrected chi connectivity index (χ2v) is 7.50. The molecule has 0 bridgehead atoms. The molecule has 2 N–H and O–H groups in total. The van der Waals surface area contributed by atoms with Gasteiger partial charge in [-0.2, -0.15) is 0 Å². The van der Waals surface area contributed by atoms with E-state index in [1.807, 2.05) is 12.1 Å². The summed E-state index contributed by atoms with van der Waals surface area (Å²) in [5.41, 5.74) is 0.522. The van der Waals surface area contributed by atoms with Gasteiger partial charge in [-0.05, 0) is 25.0 Å². The SMILES string of the molecule is O=S(=O)(CCc1ccccn1)NCC1(CO)CCCC1. The number of aromatic nitrogens is 1. The van der Waals surface area contributed by atoms with Crippen molar-refractivity contribution in [1.82, 2.24) is 9.71 Å². The molecule has 1 aliphatic rings. The molecule has 0 aliphatic heterocycles. The molecule has 0 spiro atoms. The minimum atomic E-state index is -3.32. The van der Waals surface area contributed by atoms with Crippen LogP contribution in [0.1, 0.15) is 31.4 Å². The fraction of sp³-hybridized carbons (Fsp3) is 0.643. The van der Waals surface area contributed by atoms with E-state index in [0.29, 0.717) is 13.0 Å². The monoisotopic (exact) mass is 298 g/mol. The number of pyridine rings is 1. The summed E-state index contributed by atoms with van der Waals surface area (Å²) < 4.78 is 26.6. The summed E-state index contributed by atoms with van der Waals surface area (Å²) in [7, 11) is -3.32. The van der Waals surface area contributed by atoms with Crippen LogP contribution < -0.4 is 4.72 Å². The van der Waals surface area contributed by atoms with Crippen molar-refractivity contribution < 1.29 is 13.5 Å². The van der Waals surface area contributed by atoms with Gasteiger partial charge in [0.1, 0.15) is 0 Å². The van der Waals surface area contributed by atoms with Crippen LogP contribution in [0.4, 0.5) is 0 Å². The molecule has 1 saturated carbocycles. The molecule has 1 heterocycles. The molecule has 1 fully saturated rings. The van der Waals surface area contributed by atoms with Gasteiger partial charge in [0.05, 0.1) is 5.75 Å². The second kappa shape index (κ2) is 6.65. The quantitative estimate of drug-likeness (QED) is 0.790. The number of nitrogens with one attached hydrogen (secondary N) is 1. The first kappa shape index (κ1) is 15.4. The molecule has 0 atom stereocenters. The number of sulfonamides is 1. The van der Waals surface area contributed by atoms with Crippen LogP contribution in [0.15, 0.2) is 24.4 Å². The maximum atomic E-state index is 12.0. The van der Waals surface area contributed by atoms with E-state index in [1.54, 1.807) is 12.3 Å². The van der Waals surface area contributed by atoms with Crippen LogP contribution in [0.3, 0.4) is 0 Å². The van der Waals surface area contributed by atoms with Crippen molar-refractivity contribution in [2.24, 2.45) is 5.41 Å². The van der Waals surface area contributed by atoms with Crippen LogP contribution in [0.25, 0.3) is 0 Å². The molecule has 0 amide bonds. The minimum Gasteiger partial charge on any atom is -0.396 e. The molecule has 6 heteroatoms. The topological polar surface area (TPSA) is 79.3 Å². The highest BCUT2D eigenvalue weighted by molar-refractivity contribution is 7.89. The molecular weight excluding hydrogens is 276 g/mol. The largest absolute Gasteiger partial charge is 0.396 e. The predicted octanol–water partition coefficient (Wildman–Crippen LogP) is 1.10. The summed E-state index contributed by atoms with van der Waals surface area (Å²) in [5, 5.41) is 9.48. The third-order valence-corrected chi connectivity index (χ3v) is 5.35. The number of nitrogens with zero attached hydrogens (tertiary/aromatic N) is 1. The summed E-state index contributed by atoms with van der Waals surface area (Å²) >= 11 is 0. The Balaban J connectivity index is 1.85. The summed E-state index contributed by atoms with van der Waals surface area (Å²) in [6.07, 6.45) is 5.99. The van der Waals surface area contributed by atoms with Gasteiger partial charge in [0.25, 0.3) is 0 Å². The van der Waals surface area contributed by atoms with Gasteiger partial charge in [-0.25, -0.2) is 13.1 Å². The highest BCUT2D eigenvalue weighted by Gasteiger charge is 2.34. The minimum absolute atomic E-state index is 0.0333. The molecule has 0 aromatic carbocycles. The summed E-state index contributed by atoms with van der Waals surface area (Å²) in [6.45, 7) is 0.393. The van der Waals surface area contributed by atoms with Crippen LogP contribution in [0.5, 0.6) is 0 Å². The number of rotatable bonds is 7. The number of aliphatic hydroxyl groups excluding tert-OH is 1. The average Bonchev–Trinajstić information content (AvgIpc) is 2.94. The normalized spacial score (nSPS) is 18.2. The molecule has 1 aromatic rings. The van der Waals surface area contributed by atoms with Crippen LogP contribution in [0.2, 0.25) is 0 Å². The van der Waals surface area contributed by atoms with Crippen LogP contribution in [-0.4, -0.2) is 37.4 Å². The van der Waals surface area contributed by atoms with Gasteiger partial charge in [-0.3, -0.25) is 4.98 Å². The molecular formula is C14H22N2O3S. The molecule has 0 unspecified atom stereocenters. The predicted molar refractivity (Wildman–Crippen MR) is 77.7 cm³/mol. The summed E-state index contributed by atoms with van der Waals surface area (Å²) in [4.78, 5) is 4.12. The number of hydrogen-bond donors (Lipinski definition) is 2. The van der Waals surface area contributed by atoms with E-state index in [0.717, 1.165) is 31.4 Å². The Labute approximate surface area is 120 Å². The lowest BCUT2D eigenvalue weighted by Crippen LogP contribution is -2.39. The first-order valence-corrected chi connectivity index (χ1v) is 8.69. The lowest BCUT2D eigenvalue weighted by Gasteiger charge is -2.26. The van der Waals surface area contributed by atoms with Crippen molar-refractivity contribution in [1.29, 1.82) is 0 Å². The third kappa shape index (κ3) is 4.26. The maximum Gasteiger partial charge on any atom is 0.211 e. The van der Waals surface area contributed by atoms with Crippen molar-refractivity contribution in [3.05, 3.63) is 30.1 Å². The van der Waals surface area contributed by atoms with Gasteiger partial charge in [0, 0.05) is 36.9 Å². The molecule has 20 heavy (non-hydrogen) atoms. The maximum absolute atomic E-state index is 12.0.